The molecule has 0 saturated heterocycles. The van der Waals surface area contributed by atoms with Crippen molar-refractivity contribution in [2.75, 3.05) is 0 Å². The lowest BCUT2D eigenvalue weighted by Crippen LogP contribution is -2.45. The van der Waals surface area contributed by atoms with Gasteiger partial charge in [0.15, 0.2) is 0 Å². The van der Waals surface area contributed by atoms with Gasteiger partial charge in [0, 0.05) is 0 Å². The van der Waals surface area contributed by atoms with Crippen molar-refractivity contribution in [1.29, 1.82) is 0 Å². The highest BCUT2D eigenvalue weighted by Gasteiger charge is 2.36. The molecule has 5 heteroatoms. The summed E-state index contributed by atoms with van der Waals surface area (Å²) in [7, 11) is 0. The summed E-state index contributed by atoms with van der Waals surface area (Å²) in [6.45, 7) is 0. The minimum atomic E-state index is -4.13. The fraction of sp³-hybridized carbons (Fsp3) is 0.857. The molecule has 0 heterocycles. The Morgan fingerprint density at radius 2 is 1.92 bits per heavy atom. The molecule has 0 aliphatic heterocycles. The van der Waals surface area contributed by atoms with Crippen LogP contribution in [0.5, 0.6) is 0 Å². The highest BCUT2D eigenvalue weighted by Crippen LogP contribution is 2.27. The maximum absolute atomic E-state index is 12.3. The lowest BCUT2D eigenvalue weighted by atomic mass is 10.3. The minimum Gasteiger partial charge on any atom is -0.542 e. The second-order valence-electron chi connectivity index (χ2n) is 2.83. The van der Waals surface area contributed by atoms with Crippen molar-refractivity contribution in [3.05, 3.63) is 0 Å². The Labute approximate surface area is 68.3 Å². The van der Waals surface area contributed by atoms with Gasteiger partial charge >= 0.3 is 6.11 Å². The molecule has 0 atom stereocenters. The standard InChI is InChI=1S/C7H10F2O3/c8-7(9,6(10)11)12-5-3-1-2-4-5/h5H,1-4H2,(H,10,11)/p-1. The van der Waals surface area contributed by atoms with Gasteiger partial charge in [-0.05, 0) is 12.8 Å². The molecule has 0 radical (unpaired) electrons. The van der Waals surface area contributed by atoms with Crippen LogP contribution in [-0.4, -0.2) is 18.2 Å². The van der Waals surface area contributed by atoms with E-state index in [1.54, 1.807) is 0 Å². The third-order valence-electron chi connectivity index (χ3n) is 1.85. The molecule has 0 unspecified atom stereocenters. The summed E-state index contributed by atoms with van der Waals surface area (Å²) in [5, 5.41) is 9.82. The van der Waals surface area contributed by atoms with Crippen molar-refractivity contribution in [2.45, 2.75) is 37.9 Å². The lowest BCUT2D eigenvalue weighted by Gasteiger charge is -2.21. The number of alkyl halides is 2. The molecule has 0 aromatic rings. The Bertz CT molecular complexity index is 175. The summed E-state index contributed by atoms with van der Waals surface area (Å²) in [6.07, 6.45) is -2.12. The van der Waals surface area contributed by atoms with Crippen LogP contribution in [0, 0.1) is 0 Å². The van der Waals surface area contributed by atoms with Crippen LogP contribution in [0.3, 0.4) is 0 Å². The van der Waals surface area contributed by atoms with Gasteiger partial charge in [-0.1, -0.05) is 12.8 Å². The van der Waals surface area contributed by atoms with Gasteiger partial charge in [-0.25, -0.2) is 0 Å². The molecular formula is C7H9F2O3-. The highest BCUT2D eigenvalue weighted by molar-refractivity contribution is 5.71. The third kappa shape index (κ3) is 2.14. The predicted molar refractivity (Wildman–Crippen MR) is 33.3 cm³/mol. The number of ether oxygens (including phenoxy) is 1. The Kier molecular flexibility index (Phi) is 2.62. The molecule has 0 spiro atoms. The molecule has 0 N–H and O–H groups in total. The van der Waals surface area contributed by atoms with Gasteiger partial charge in [0.25, 0.3) is 0 Å². The topological polar surface area (TPSA) is 49.4 Å². The second kappa shape index (κ2) is 3.35. The Morgan fingerprint density at radius 3 is 2.33 bits per heavy atom. The van der Waals surface area contributed by atoms with Gasteiger partial charge in [0.2, 0.25) is 0 Å². The number of carboxylic acids is 1. The highest BCUT2D eigenvalue weighted by atomic mass is 19.3. The number of halogens is 2. The smallest absolute Gasteiger partial charge is 0.397 e. The van der Waals surface area contributed by atoms with E-state index >= 15 is 0 Å². The molecule has 0 aromatic carbocycles. The van der Waals surface area contributed by atoms with E-state index in [-0.39, 0.29) is 0 Å². The molecule has 1 fully saturated rings. The van der Waals surface area contributed by atoms with Crippen molar-refractivity contribution < 1.29 is 23.4 Å². The van der Waals surface area contributed by atoms with Crippen LogP contribution in [0.25, 0.3) is 0 Å². The van der Waals surface area contributed by atoms with Crippen molar-refractivity contribution >= 4 is 5.97 Å². The van der Waals surface area contributed by atoms with Gasteiger partial charge in [0.05, 0.1) is 6.10 Å². The maximum atomic E-state index is 12.3. The van der Waals surface area contributed by atoms with Gasteiger partial charge in [-0.15, -0.1) is 0 Å². The predicted octanol–water partition coefficient (Wildman–Crippen LogP) is 0.288. The number of rotatable bonds is 3. The summed E-state index contributed by atoms with van der Waals surface area (Å²) in [5.74, 6) is -2.46. The zero-order chi connectivity index (χ0) is 9.19. The van der Waals surface area contributed by atoms with E-state index < -0.39 is 18.2 Å². The number of aliphatic carboxylic acids is 1. The van der Waals surface area contributed by atoms with Gasteiger partial charge in [0.1, 0.15) is 5.97 Å². The largest absolute Gasteiger partial charge is 0.542 e. The summed E-state index contributed by atoms with van der Waals surface area (Å²) in [6, 6.07) is 0. The van der Waals surface area contributed by atoms with E-state index in [0.29, 0.717) is 12.8 Å². The van der Waals surface area contributed by atoms with Crippen LogP contribution in [0.2, 0.25) is 0 Å². The molecule has 0 aromatic heterocycles. The zero-order valence-electron chi connectivity index (χ0n) is 6.39. The van der Waals surface area contributed by atoms with E-state index in [2.05, 4.69) is 4.74 Å². The summed E-state index contributed by atoms with van der Waals surface area (Å²) in [4.78, 5) is 9.82. The van der Waals surface area contributed by atoms with E-state index in [1.807, 2.05) is 0 Å². The molecule has 1 rings (SSSR count). The molecule has 1 aliphatic carbocycles. The first-order valence-corrected chi connectivity index (χ1v) is 3.79. The van der Waals surface area contributed by atoms with E-state index in [9.17, 15) is 18.7 Å². The average molecular weight is 179 g/mol. The Morgan fingerprint density at radius 1 is 1.42 bits per heavy atom. The number of hydrogen-bond donors (Lipinski definition) is 0. The fourth-order valence-corrected chi connectivity index (χ4v) is 1.26. The van der Waals surface area contributed by atoms with Crippen LogP contribution in [-0.2, 0) is 9.53 Å². The van der Waals surface area contributed by atoms with Crippen molar-refractivity contribution in [3.63, 3.8) is 0 Å². The summed E-state index contributed by atoms with van der Waals surface area (Å²) >= 11 is 0. The van der Waals surface area contributed by atoms with Crippen LogP contribution >= 0.6 is 0 Å². The molecular weight excluding hydrogens is 170 g/mol. The van der Waals surface area contributed by atoms with Crippen LogP contribution in [0.4, 0.5) is 8.78 Å². The molecule has 3 nitrogen and oxygen atoms in total. The maximum Gasteiger partial charge on any atom is 0.397 e. The molecule has 0 amide bonds. The molecule has 1 saturated carbocycles. The third-order valence-corrected chi connectivity index (χ3v) is 1.85. The monoisotopic (exact) mass is 179 g/mol. The molecule has 70 valence electrons. The van der Waals surface area contributed by atoms with Crippen LogP contribution < -0.4 is 5.11 Å². The Balaban J connectivity index is 2.42. The number of hydrogen-bond acceptors (Lipinski definition) is 3. The normalized spacial score (nSPS) is 19.8. The van der Waals surface area contributed by atoms with Crippen molar-refractivity contribution in [1.82, 2.24) is 0 Å². The second-order valence-corrected chi connectivity index (χ2v) is 2.83. The molecule has 12 heavy (non-hydrogen) atoms. The quantitative estimate of drug-likeness (QED) is 0.625. The average Bonchev–Trinajstić information content (AvgIpc) is 2.38. The van der Waals surface area contributed by atoms with Crippen molar-refractivity contribution in [3.8, 4) is 0 Å². The van der Waals surface area contributed by atoms with E-state index in [4.69, 9.17) is 0 Å². The lowest BCUT2D eigenvalue weighted by molar-refractivity contribution is -0.368. The summed E-state index contributed by atoms with van der Waals surface area (Å²) in [5.41, 5.74) is 0. The van der Waals surface area contributed by atoms with Crippen LogP contribution in [0.15, 0.2) is 0 Å². The summed E-state index contributed by atoms with van der Waals surface area (Å²) < 4.78 is 28.7. The first-order chi connectivity index (χ1) is 5.52. The molecule has 0 bridgehead atoms. The van der Waals surface area contributed by atoms with Gasteiger partial charge < -0.3 is 14.6 Å². The van der Waals surface area contributed by atoms with E-state index in [0.717, 1.165) is 12.8 Å². The molecule has 1 aliphatic rings. The van der Waals surface area contributed by atoms with Gasteiger partial charge in [-0.2, -0.15) is 8.78 Å². The first-order valence-electron chi connectivity index (χ1n) is 3.79. The SMILES string of the molecule is O=C([O-])C(F)(F)OC1CCCC1. The fourth-order valence-electron chi connectivity index (χ4n) is 1.26. The first kappa shape index (κ1) is 9.38. The van der Waals surface area contributed by atoms with Crippen LogP contribution in [0.1, 0.15) is 25.7 Å². The minimum absolute atomic E-state index is 0.503. The Hall–Kier alpha value is -0.710. The number of carbonyl (C=O) groups is 1. The number of carboxylic acid groups (broad SMARTS) is 1. The van der Waals surface area contributed by atoms with Crippen molar-refractivity contribution in [2.24, 2.45) is 0 Å². The zero-order valence-corrected chi connectivity index (χ0v) is 6.39. The van der Waals surface area contributed by atoms with E-state index in [1.165, 1.54) is 0 Å². The van der Waals surface area contributed by atoms with Gasteiger partial charge in [-0.3, -0.25) is 0 Å². The number of carbonyl (C=O) groups excluding carboxylic acids is 1.